The van der Waals surface area contributed by atoms with Gasteiger partial charge in [-0.1, -0.05) is 43.2 Å². The van der Waals surface area contributed by atoms with Crippen LogP contribution in [0.4, 0.5) is 5.13 Å². The first-order valence-corrected chi connectivity index (χ1v) is 12.2. The van der Waals surface area contributed by atoms with Gasteiger partial charge in [-0.3, -0.25) is 4.79 Å². The number of anilines is 1. The number of aromatic nitrogens is 3. The maximum Gasteiger partial charge on any atom is 0.350 e. The van der Waals surface area contributed by atoms with Crippen LogP contribution in [-0.4, -0.2) is 65.3 Å². The number of nitrogens with zero attached hydrogens (tertiary/aromatic N) is 3. The van der Waals surface area contributed by atoms with Crippen LogP contribution in [0.3, 0.4) is 0 Å². The number of esters is 1. The highest BCUT2D eigenvalue weighted by Crippen LogP contribution is 2.27. The second-order valence-corrected chi connectivity index (χ2v) is 8.88. The van der Waals surface area contributed by atoms with Crippen LogP contribution in [0.2, 0.25) is 5.15 Å². The molecule has 0 spiro atoms. The van der Waals surface area contributed by atoms with Gasteiger partial charge in [0, 0.05) is 19.7 Å². The van der Waals surface area contributed by atoms with Crippen molar-refractivity contribution in [3.63, 3.8) is 0 Å². The molecular weight excluding hydrogens is 454 g/mol. The summed E-state index contributed by atoms with van der Waals surface area (Å²) in [4.78, 5) is 38.8. The number of carbonyl (C=O) groups is 2. The maximum absolute atomic E-state index is 12.8. The van der Waals surface area contributed by atoms with Gasteiger partial charge in [0.25, 0.3) is 5.91 Å². The molecule has 1 amide bonds. The van der Waals surface area contributed by atoms with Gasteiger partial charge in [-0.25, -0.2) is 14.8 Å². The molecule has 1 aliphatic heterocycles. The number of hydrogen-bond donors (Lipinski definition) is 2. The standard InChI is InChI=1S/C21H30ClN5O4S/c1-4-7-10-31-15-12-27(21-23-11-16(32-21)20(29)30-6-3)9-8-14(15)25-19(28)18-24-13(5-2)17(22)26-18/h11,14-15H,4-10,12H2,1-3H3,(H,24,26)(H,25,28)/t14-,15+/m1/s1. The van der Waals surface area contributed by atoms with E-state index < -0.39 is 0 Å². The first kappa shape index (κ1) is 24.5. The second kappa shape index (κ2) is 11.6. The molecule has 9 nitrogen and oxygen atoms in total. The number of carbonyl (C=O) groups excluding carboxylic acids is 2. The summed E-state index contributed by atoms with van der Waals surface area (Å²) in [5.41, 5.74) is 0.739. The van der Waals surface area contributed by atoms with Crippen molar-refractivity contribution in [2.45, 2.75) is 58.6 Å². The number of ether oxygens (including phenoxy) is 2. The minimum absolute atomic E-state index is 0.172. The Morgan fingerprint density at radius 1 is 1.38 bits per heavy atom. The third kappa shape index (κ3) is 5.99. The monoisotopic (exact) mass is 483 g/mol. The van der Waals surface area contributed by atoms with E-state index in [0.717, 1.165) is 23.7 Å². The fourth-order valence-corrected chi connectivity index (χ4v) is 4.59. The molecular formula is C21H30ClN5O4S. The number of imidazole rings is 1. The number of unbranched alkanes of at least 4 members (excludes halogenated alkanes) is 1. The molecule has 1 saturated heterocycles. The van der Waals surface area contributed by atoms with Crippen molar-refractivity contribution in [3.8, 4) is 0 Å². The number of nitrogens with one attached hydrogen (secondary N) is 2. The fourth-order valence-electron chi connectivity index (χ4n) is 3.48. The van der Waals surface area contributed by atoms with E-state index in [1.165, 1.54) is 11.3 Å². The summed E-state index contributed by atoms with van der Waals surface area (Å²) in [6, 6.07) is -0.172. The molecule has 3 heterocycles. The number of hydrogen-bond acceptors (Lipinski definition) is 8. The van der Waals surface area contributed by atoms with Gasteiger partial charge < -0.3 is 24.7 Å². The van der Waals surface area contributed by atoms with E-state index >= 15 is 0 Å². The average molecular weight is 484 g/mol. The lowest BCUT2D eigenvalue weighted by Crippen LogP contribution is -2.55. The lowest BCUT2D eigenvalue weighted by molar-refractivity contribution is 0.0187. The number of H-pyrrole nitrogens is 1. The van der Waals surface area contributed by atoms with Gasteiger partial charge in [-0.15, -0.1) is 0 Å². The van der Waals surface area contributed by atoms with Gasteiger partial charge in [-0.05, 0) is 26.2 Å². The summed E-state index contributed by atoms with van der Waals surface area (Å²) >= 11 is 7.39. The number of aromatic amines is 1. The summed E-state index contributed by atoms with van der Waals surface area (Å²) < 4.78 is 11.2. The van der Waals surface area contributed by atoms with Gasteiger partial charge in [0.2, 0.25) is 0 Å². The lowest BCUT2D eigenvalue weighted by Gasteiger charge is -2.38. The Kier molecular flexibility index (Phi) is 8.89. The molecule has 0 bridgehead atoms. The zero-order valence-corrected chi connectivity index (χ0v) is 20.2. The minimum atomic E-state index is -0.363. The van der Waals surface area contributed by atoms with Crippen LogP contribution in [0.25, 0.3) is 0 Å². The zero-order valence-electron chi connectivity index (χ0n) is 18.6. The second-order valence-electron chi connectivity index (χ2n) is 7.51. The molecule has 3 rings (SSSR count). The van der Waals surface area contributed by atoms with Crippen LogP contribution in [0.1, 0.15) is 66.0 Å². The lowest BCUT2D eigenvalue weighted by atomic mass is 10.0. The highest BCUT2D eigenvalue weighted by molar-refractivity contribution is 7.17. The van der Waals surface area contributed by atoms with Crippen molar-refractivity contribution in [3.05, 3.63) is 27.7 Å². The maximum atomic E-state index is 12.8. The molecule has 2 aromatic heterocycles. The smallest absolute Gasteiger partial charge is 0.350 e. The minimum Gasteiger partial charge on any atom is -0.462 e. The third-order valence-corrected chi connectivity index (χ3v) is 6.59. The molecule has 32 heavy (non-hydrogen) atoms. The summed E-state index contributed by atoms with van der Waals surface area (Å²) in [5.74, 6) is -0.453. The molecule has 2 atom stereocenters. The molecule has 0 unspecified atom stereocenters. The molecule has 0 aliphatic carbocycles. The van der Waals surface area contributed by atoms with Crippen molar-refractivity contribution in [2.24, 2.45) is 0 Å². The quantitative estimate of drug-likeness (QED) is 0.393. The van der Waals surface area contributed by atoms with Gasteiger partial charge in [0.1, 0.15) is 4.88 Å². The largest absolute Gasteiger partial charge is 0.462 e. The summed E-state index contributed by atoms with van der Waals surface area (Å²) in [5, 5.41) is 4.12. The molecule has 0 radical (unpaired) electrons. The molecule has 1 fully saturated rings. The molecule has 0 saturated carbocycles. The summed E-state index contributed by atoms with van der Waals surface area (Å²) in [7, 11) is 0. The highest BCUT2D eigenvalue weighted by Gasteiger charge is 2.33. The first-order valence-electron chi connectivity index (χ1n) is 11.0. The Labute approximate surface area is 196 Å². The van der Waals surface area contributed by atoms with Crippen LogP contribution >= 0.6 is 22.9 Å². The molecule has 2 N–H and O–H groups in total. The number of aryl methyl sites for hydroxylation is 1. The van der Waals surface area contributed by atoms with Gasteiger partial charge in [-0.2, -0.15) is 0 Å². The highest BCUT2D eigenvalue weighted by atomic mass is 35.5. The van der Waals surface area contributed by atoms with E-state index in [4.69, 9.17) is 21.1 Å². The number of halogens is 1. The Morgan fingerprint density at radius 2 is 2.19 bits per heavy atom. The Hall–Kier alpha value is -2.17. The van der Waals surface area contributed by atoms with E-state index in [1.807, 2.05) is 6.92 Å². The topological polar surface area (TPSA) is 109 Å². The van der Waals surface area contributed by atoms with Crippen molar-refractivity contribution < 1.29 is 19.1 Å². The molecule has 1 aliphatic rings. The fraction of sp³-hybridized carbons (Fsp3) is 0.619. The number of amides is 1. The van der Waals surface area contributed by atoms with E-state index in [-0.39, 0.29) is 29.8 Å². The Balaban J connectivity index is 1.68. The van der Waals surface area contributed by atoms with Gasteiger partial charge in [0.05, 0.1) is 30.6 Å². The van der Waals surface area contributed by atoms with Gasteiger partial charge >= 0.3 is 5.97 Å². The van der Waals surface area contributed by atoms with Crippen molar-refractivity contribution in [2.75, 3.05) is 31.2 Å². The SMILES string of the molecule is CCCCO[C@H]1CN(c2ncc(C(=O)OCC)s2)CC[C@H]1NC(=O)c1nc(Cl)c(CC)[nH]1. The predicted molar refractivity (Wildman–Crippen MR) is 124 cm³/mol. The molecule has 0 aromatic carbocycles. The number of thiazole rings is 1. The van der Waals surface area contributed by atoms with Crippen molar-refractivity contribution in [1.29, 1.82) is 0 Å². The molecule has 176 valence electrons. The predicted octanol–water partition coefficient (Wildman–Crippen LogP) is 3.45. The summed E-state index contributed by atoms with van der Waals surface area (Å²) in [6.45, 7) is 7.99. The van der Waals surface area contributed by atoms with Crippen LogP contribution < -0.4 is 10.2 Å². The van der Waals surface area contributed by atoms with Crippen LogP contribution in [0.5, 0.6) is 0 Å². The number of piperidine rings is 1. The van der Waals surface area contributed by atoms with E-state index in [1.54, 1.807) is 13.1 Å². The number of rotatable bonds is 10. The Morgan fingerprint density at radius 3 is 2.88 bits per heavy atom. The molecule has 2 aromatic rings. The average Bonchev–Trinajstić information content (AvgIpc) is 3.42. The van der Waals surface area contributed by atoms with Crippen molar-refractivity contribution in [1.82, 2.24) is 20.3 Å². The molecule has 11 heteroatoms. The van der Waals surface area contributed by atoms with Crippen LogP contribution in [0, 0.1) is 0 Å². The van der Waals surface area contributed by atoms with Crippen LogP contribution in [0.15, 0.2) is 6.20 Å². The van der Waals surface area contributed by atoms with Gasteiger partial charge in [0.15, 0.2) is 16.1 Å². The normalized spacial score (nSPS) is 18.6. The first-order chi connectivity index (χ1) is 15.5. The van der Waals surface area contributed by atoms with E-state index in [9.17, 15) is 9.59 Å². The van der Waals surface area contributed by atoms with E-state index in [2.05, 4.69) is 32.1 Å². The Bertz CT molecular complexity index is 918. The zero-order chi connectivity index (χ0) is 23.1. The van der Waals surface area contributed by atoms with Crippen molar-refractivity contribution >= 4 is 39.9 Å². The van der Waals surface area contributed by atoms with Crippen LogP contribution in [-0.2, 0) is 15.9 Å². The van der Waals surface area contributed by atoms with E-state index in [0.29, 0.717) is 49.2 Å². The third-order valence-electron chi connectivity index (χ3n) is 5.24. The summed E-state index contributed by atoms with van der Waals surface area (Å²) in [6.07, 6.45) is 4.63.